The molecule has 1 saturated heterocycles. The van der Waals surface area contributed by atoms with Crippen molar-refractivity contribution in [2.24, 2.45) is 5.92 Å². The van der Waals surface area contributed by atoms with Crippen LogP contribution < -0.4 is 10.6 Å². The minimum absolute atomic E-state index is 0. The summed E-state index contributed by atoms with van der Waals surface area (Å²) in [6, 6.07) is 8.63. The molecule has 122 valence electrons. The quantitative estimate of drug-likeness (QED) is 0.894. The van der Waals surface area contributed by atoms with Crippen LogP contribution in [0.3, 0.4) is 0 Å². The SMILES string of the molecule is Cl.O=C(CC1CCCc2ccccc21)NCC1CCCNC1. The monoisotopic (exact) mass is 322 g/mol. The second kappa shape index (κ2) is 8.54. The molecular formula is C18H27ClN2O. The first-order valence-corrected chi connectivity index (χ1v) is 8.38. The zero-order valence-corrected chi connectivity index (χ0v) is 14.0. The Morgan fingerprint density at radius 1 is 1.23 bits per heavy atom. The van der Waals surface area contributed by atoms with Gasteiger partial charge in [-0.2, -0.15) is 0 Å². The minimum Gasteiger partial charge on any atom is -0.356 e. The van der Waals surface area contributed by atoms with Crippen LogP contribution in [0.1, 0.15) is 49.1 Å². The maximum atomic E-state index is 12.2. The topological polar surface area (TPSA) is 41.1 Å². The van der Waals surface area contributed by atoms with Crippen LogP contribution in [-0.4, -0.2) is 25.5 Å². The Bertz CT molecular complexity index is 486. The smallest absolute Gasteiger partial charge is 0.220 e. The van der Waals surface area contributed by atoms with E-state index in [2.05, 4.69) is 34.9 Å². The summed E-state index contributed by atoms with van der Waals surface area (Å²) < 4.78 is 0. The van der Waals surface area contributed by atoms with Crippen LogP contribution in [-0.2, 0) is 11.2 Å². The fraction of sp³-hybridized carbons (Fsp3) is 0.611. The number of rotatable bonds is 4. The van der Waals surface area contributed by atoms with E-state index in [1.54, 1.807) is 0 Å². The van der Waals surface area contributed by atoms with Gasteiger partial charge in [0.15, 0.2) is 0 Å². The predicted molar refractivity (Wildman–Crippen MR) is 92.6 cm³/mol. The summed E-state index contributed by atoms with van der Waals surface area (Å²) in [6.07, 6.45) is 6.65. The molecule has 0 radical (unpaired) electrons. The van der Waals surface area contributed by atoms with Gasteiger partial charge in [-0.25, -0.2) is 0 Å². The van der Waals surface area contributed by atoms with Crippen molar-refractivity contribution < 1.29 is 4.79 Å². The zero-order valence-electron chi connectivity index (χ0n) is 13.1. The highest BCUT2D eigenvalue weighted by Gasteiger charge is 2.22. The number of aryl methyl sites for hydroxylation is 1. The van der Waals surface area contributed by atoms with Crippen LogP contribution in [0.25, 0.3) is 0 Å². The number of nitrogens with one attached hydrogen (secondary N) is 2. The first kappa shape index (κ1) is 17.3. The van der Waals surface area contributed by atoms with Crippen LogP contribution in [0.5, 0.6) is 0 Å². The largest absolute Gasteiger partial charge is 0.356 e. The average molecular weight is 323 g/mol. The van der Waals surface area contributed by atoms with E-state index >= 15 is 0 Å². The Balaban J connectivity index is 0.00000176. The normalized spacial score (nSPS) is 24.0. The molecule has 0 spiro atoms. The minimum atomic E-state index is 0. The van der Waals surface area contributed by atoms with Gasteiger partial charge in [-0.1, -0.05) is 24.3 Å². The van der Waals surface area contributed by atoms with Crippen molar-refractivity contribution in [3.05, 3.63) is 35.4 Å². The van der Waals surface area contributed by atoms with Gasteiger partial charge < -0.3 is 10.6 Å². The summed E-state index contributed by atoms with van der Waals surface area (Å²) in [5.74, 6) is 1.25. The van der Waals surface area contributed by atoms with Gasteiger partial charge >= 0.3 is 0 Å². The van der Waals surface area contributed by atoms with E-state index in [1.807, 2.05) is 0 Å². The van der Waals surface area contributed by atoms with E-state index < -0.39 is 0 Å². The van der Waals surface area contributed by atoms with Crippen molar-refractivity contribution in [1.29, 1.82) is 0 Å². The van der Waals surface area contributed by atoms with E-state index in [4.69, 9.17) is 0 Å². The number of piperidine rings is 1. The summed E-state index contributed by atoms with van der Waals surface area (Å²) in [7, 11) is 0. The standard InChI is InChI=1S/C18H26N2O.ClH/c21-18(20-13-14-5-4-10-19-12-14)11-16-8-3-7-15-6-1-2-9-17(15)16;/h1-2,6,9,14,16,19H,3-5,7-8,10-13H2,(H,20,21);1H. The van der Waals surface area contributed by atoms with Crippen molar-refractivity contribution in [3.63, 3.8) is 0 Å². The summed E-state index contributed by atoms with van der Waals surface area (Å²) in [6.45, 7) is 3.01. The summed E-state index contributed by atoms with van der Waals surface area (Å²) in [5, 5.41) is 6.55. The maximum Gasteiger partial charge on any atom is 0.220 e. The van der Waals surface area contributed by atoms with Crippen LogP contribution in [0.4, 0.5) is 0 Å². The summed E-state index contributed by atoms with van der Waals surface area (Å²) in [4.78, 5) is 12.2. The third-order valence-corrected chi connectivity index (χ3v) is 4.91. The van der Waals surface area contributed by atoms with Crippen molar-refractivity contribution in [1.82, 2.24) is 10.6 Å². The molecule has 22 heavy (non-hydrogen) atoms. The fourth-order valence-electron chi connectivity index (χ4n) is 3.72. The highest BCUT2D eigenvalue weighted by molar-refractivity contribution is 5.85. The molecule has 1 amide bonds. The fourth-order valence-corrected chi connectivity index (χ4v) is 3.72. The lowest BCUT2D eigenvalue weighted by Gasteiger charge is -2.26. The second-order valence-electron chi connectivity index (χ2n) is 6.51. The number of amides is 1. The Hall–Kier alpha value is -1.06. The molecule has 1 aliphatic heterocycles. The van der Waals surface area contributed by atoms with Gasteiger partial charge in [-0.15, -0.1) is 12.4 Å². The van der Waals surface area contributed by atoms with E-state index in [1.165, 1.54) is 36.8 Å². The highest BCUT2D eigenvalue weighted by atomic mass is 35.5. The number of benzene rings is 1. The molecular weight excluding hydrogens is 296 g/mol. The molecule has 2 N–H and O–H groups in total. The van der Waals surface area contributed by atoms with Gasteiger partial charge in [-0.3, -0.25) is 4.79 Å². The molecule has 0 bridgehead atoms. The molecule has 2 atom stereocenters. The summed E-state index contributed by atoms with van der Waals surface area (Å²) >= 11 is 0. The maximum absolute atomic E-state index is 12.2. The molecule has 4 heteroatoms. The Kier molecular flexibility index (Phi) is 6.71. The lowest BCUT2D eigenvalue weighted by molar-refractivity contribution is -0.121. The average Bonchev–Trinajstić information content (AvgIpc) is 2.54. The van der Waals surface area contributed by atoms with E-state index in [9.17, 15) is 4.79 Å². The second-order valence-corrected chi connectivity index (χ2v) is 6.51. The molecule has 0 aromatic heterocycles. The van der Waals surface area contributed by atoms with Crippen LogP contribution in [0.2, 0.25) is 0 Å². The molecule has 0 saturated carbocycles. The number of fused-ring (bicyclic) bond motifs is 1. The molecule has 3 rings (SSSR count). The number of hydrogen-bond acceptors (Lipinski definition) is 2. The Labute approximate surface area is 139 Å². The third-order valence-electron chi connectivity index (χ3n) is 4.91. The van der Waals surface area contributed by atoms with E-state index in [0.717, 1.165) is 26.1 Å². The van der Waals surface area contributed by atoms with Crippen molar-refractivity contribution in [3.8, 4) is 0 Å². The Morgan fingerprint density at radius 2 is 2.09 bits per heavy atom. The highest BCUT2D eigenvalue weighted by Crippen LogP contribution is 2.33. The van der Waals surface area contributed by atoms with Crippen LogP contribution >= 0.6 is 12.4 Å². The van der Waals surface area contributed by atoms with Crippen molar-refractivity contribution in [2.45, 2.75) is 44.4 Å². The molecule has 2 aliphatic rings. The Morgan fingerprint density at radius 3 is 2.91 bits per heavy atom. The van der Waals surface area contributed by atoms with Gasteiger partial charge in [-0.05, 0) is 68.2 Å². The van der Waals surface area contributed by atoms with Crippen LogP contribution in [0, 0.1) is 5.92 Å². The van der Waals surface area contributed by atoms with Gasteiger partial charge in [0.2, 0.25) is 5.91 Å². The van der Waals surface area contributed by atoms with Gasteiger partial charge in [0.1, 0.15) is 0 Å². The first-order valence-electron chi connectivity index (χ1n) is 8.38. The lowest BCUT2D eigenvalue weighted by Crippen LogP contribution is -2.38. The number of halogens is 1. The lowest BCUT2D eigenvalue weighted by atomic mass is 9.81. The molecule has 1 aromatic rings. The number of carbonyl (C=O) groups excluding carboxylic acids is 1. The van der Waals surface area contributed by atoms with Gasteiger partial charge in [0, 0.05) is 13.0 Å². The molecule has 1 fully saturated rings. The molecule has 1 aliphatic carbocycles. The van der Waals surface area contributed by atoms with E-state index in [-0.39, 0.29) is 18.3 Å². The predicted octanol–water partition coefficient (Wildman–Crippen LogP) is 3.03. The third kappa shape index (κ3) is 4.47. The summed E-state index contributed by atoms with van der Waals surface area (Å²) in [5.41, 5.74) is 2.84. The van der Waals surface area contributed by atoms with Gasteiger partial charge in [0.25, 0.3) is 0 Å². The van der Waals surface area contributed by atoms with E-state index in [0.29, 0.717) is 18.3 Å². The van der Waals surface area contributed by atoms with Crippen LogP contribution in [0.15, 0.2) is 24.3 Å². The number of hydrogen-bond donors (Lipinski definition) is 2. The van der Waals surface area contributed by atoms with Crippen molar-refractivity contribution >= 4 is 18.3 Å². The molecule has 1 heterocycles. The molecule has 2 unspecified atom stereocenters. The number of carbonyl (C=O) groups is 1. The molecule has 3 nitrogen and oxygen atoms in total. The zero-order chi connectivity index (χ0) is 14.5. The van der Waals surface area contributed by atoms with Gasteiger partial charge in [0.05, 0.1) is 0 Å². The molecule has 1 aromatic carbocycles. The van der Waals surface area contributed by atoms with Crippen molar-refractivity contribution in [2.75, 3.05) is 19.6 Å². The first-order chi connectivity index (χ1) is 10.3.